The quantitative estimate of drug-likeness (QED) is 0.406. The largest absolute Gasteiger partial charge is 0.466 e. The third-order valence-electron chi connectivity index (χ3n) is 4.55. The number of nitrogens with one attached hydrogen (secondary N) is 2. The lowest BCUT2D eigenvalue weighted by molar-refractivity contribution is -0.143. The number of esters is 1. The number of thioether (sulfide) groups is 1. The van der Waals surface area contributed by atoms with Gasteiger partial charge in [0.1, 0.15) is 0 Å². The number of hydrogen-bond acceptors (Lipinski definition) is 4. The molecule has 2 saturated heterocycles. The van der Waals surface area contributed by atoms with Gasteiger partial charge in [0.25, 0.3) is 0 Å². The third-order valence-corrected chi connectivity index (χ3v) is 6.06. The summed E-state index contributed by atoms with van der Waals surface area (Å²) in [5.41, 5.74) is 0. The Hall–Kier alpha value is -1.63. The normalized spacial score (nSPS) is 25.2. The lowest BCUT2D eigenvalue weighted by Gasteiger charge is -2.16. The van der Waals surface area contributed by atoms with Crippen LogP contribution in [-0.4, -0.2) is 46.3 Å². The van der Waals surface area contributed by atoms with Crippen molar-refractivity contribution in [2.45, 2.75) is 56.0 Å². The van der Waals surface area contributed by atoms with Gasteiger partial charge in [0.15, 0.2) is 0 Å². The number of aryl methyl sites for hydroxylation is 1. The van der Waals surface area contributed by atoms with Gasteiger partial charge in [-0.3, -0.25) is 4.79 Å². The molecule has 24 heavy (non-hydrogen) atoms. The summed E-state index contributed by atoms with van der Waals surface area (Å²) in [6.45, 7) is 1.36. The zero-order valence-electron chi connectivity index (χ0n) is 13.8. The average molecular weight is 351 g/mol. The predicted molar refractivity (Wildman–Crippen MR) is 94.0 cm³/mol. The molecule has 0 aromatic carbocycles. The standard InChI is InChI=1S/C17H25N3O3S/c21-15(23-11-5-10-20-8-3-4-9-20)7-2-1-6-14-16-13(12-24-14)18-17(22)19-16/h3-4,8-9,13-14,16H,1-2,5-7,10-12H2,(H2,18,19,22)/t13-,14-,16-/m0/s1. The highest BCUT2D eigenvalue weighted by Gasteiger charge is 2.42. The average Bonchev–Trinajstić information content (AvgIpc) is 3.26. The van der Waals surface area contributed by atoms with Crippen LogP contribution in [0.5, 0.6) is 0 Å². The van der Waals surface area contributed by atoms with Crippen LogP contribution in [0.4, 0.5) is 4.79 Å². The second-order valence-corrected chi connectivity index (χ2v) is 7.63. The smallest absolute Gasteiger partial charge is 0.315 e. The summed E-state index contributed by atoms with van der Waals surface area (Å²) in [4.78, 5) is 23.1. The first-order valence-electron chi connectivity index (χ1n) is 8.67. The number of rotatable bonds is 9. The summed E-state index contributed by atoms with van der Waals surface area (Å²) < 4.78 is 7.35. The van der Waals surface area contributed by atoms with Gasteiger partial charge in [-0.2, -0.15) is 11.8 Å². The molecule has 0 radical (unpaired) electrons. The molecule has 0 aliphatic carbocycles. The van der Waals surface area contributed by atoms with Gasteiger partial charge >= 0.3 is 12.0 Å². The van der Waals surface area contributed by atoms with Crippen molar-refractivity contribution in [2.24, 2.45) is 0 Å². The minimum Gasteiger partial charge on any atom is -0.466 e. The molecular weight excluding hydrogens is 326 g/mol. The Bertz CT molecular complexity index is 549. The van der Waals surface area contributed by atoms with Crippen LogP contribution in [0.3, 0.4) is 0 Å². The Morgan fingerprint density at radius 2 is 2.08 bits per heavy atom. The fraction of sp³-hybridized carbons (Fsp3) is 0.647. The SMILES string of the molecule is O=C1N[C@H]2[C@H](CS[C@H]2CCCCC(=O)OCCCn2cccc2)N1. The summed E-state index contributed by atoms with van der Waals surface area (Å²) in [7, 11) is 0. The first-order valence-corrected chi connectivity index (χ1v) is 9.72. The maximum absolute atomic E-state index is 11.7. The highest BCUT2D eigenvalue weighted by atomic mass is 32.2. The summed E-state index contributed by atoms with van der Waals surface area (Å²) in [5, 5.41) is 6.41. The summed E-state index contributed by atoms with van der Waals surface area (Å²) in [6.07, 6.45) is 8.23. The summed E-state index contributed by atoms with van der Waals surface area (Å²) in [6, 6.07) is 4.47. The topological polar surface area (TPSA) is 72.4 Å². The maximum Gasteiger partial charge on any atom is 0.315 e. The Kier molecular flexibility index (Phi) is 6.07. The molecule has 1 aromatic heterocycles. The van der Waals surface area contributed by atoms with Gasteiger partial charge in [0.2, 0.25) is 0 Å². The molecule has 2 aliphatic heterocycles. The van der Waals surface area contributed by atoms with Gasteiger partial charge in [0, 0.05) is 36.4 Å². The van der Waals surface area contributed by atoms with E-state index in [9.17, 15) is 9.59 Å². The number of aromatic nitrogens is 1. The number of amides is 2. The highest BCUT2D eigenvalue weighted by molar-refractivity contribution is 8.00. The fourth-order valence-electron chi connectivity index (χ4n) is 3.28. The van der Waals surface area contributed by atoms with E-state index in [0.29, 0.717) is 18.3 Å². The van der Waals surface area contributed by atoms with Crippen molar-refractivity contribution < 1.29 is 14.3 Å². The van der Waals surface area contributed by atoms with E-state index in [2.05, 4.69) is 15.2 Å². The van der Waals surface area contributed by atoms with E-state index in [4.69, 9.17) is 4.74 Å². The number of nitrogens with zero attached hydrogens (tertiary/aromatic N) is 1. The van der Waals surface area contributed by atoms with E-state index < -0.39 is 0 Å². The van der Waals surface area contributed by atoms with Crippen LogP contribution in [0, 0.1) is 0 Å². The van der Waals surface area contributed by atoms with Crippen LogP contribution in [0.15, 0.2) is 24.5 Å². The van der Waals surface area contributed by atoms with Crippen molar-refractivity contribution in [3.05, 3.63) is 24.5 Å². The minimum atomic E-state index is -0.102. The first kappa shape index (κ1) is 17.2. The number of fused-ring (bicyclic) bond motifs is 1. The number of carbonyl (C=O) groups is 2. The third kappa shape index (κ3) is 4.69. The summed E-state index contributed by atoms with van der Waals surface area (Å²) >= 11 is 1.92. The number of urea groups is 1. The lowest BCUT2D eigenvalue weighted by Crippen LogP contribution is -2.36. The molecule has 0 unspecified atom stereocenters. The van der Waals surface area contributed by atoms with E-state index in [0.717, 1.165) is 38.0 Å². The van der Waals surface area contributed by atoms with E-state index in [1.165, 1.54) is 0 Å². The zero-order chi connectivity index (χ0) is 16.8. The van der Waals surface area contributed by atoms with Crippen molar-refractivity contribution in [3.63, 3.8) is 0 Å². The molecule has 0 saturated carbocycles. The molecule has 2 fully saturated rings. The molecule has 1 aromatic rings. The van der Waals surface area contributed by atoms with E-state index in [1.54, 1.807) is 0 Å². The van der Waals surface area contributed by atoms with Gasteiger partial charge in [-0.25, -0.2) is 4.79 Å². The summed E-state index contributed by atoms with van der Waals surface area (Å²) in [5.74, 6) is 0.882. The molecule has 0 bridgehead atoms. The Morgan fingerprint density at radius 3 is 2.92 bits per heavy atom. The molecular formula is C17H25N3O3S. The van der Waals surface area contributed by atoms with Crippen LogP contribution in [0.2, 0.25) is 0 Å². The molecule has 2 amide bonds. The Balaban J connectivity index is 1.22. The Labute approximate surface area is 146 Å². The molecule has 0 spiro atoms. The highest BCUT2D eigenvalue weighted by Crippen LogP contribution is 2.33. The van der Waals surface area contributed by atoms with Gasteiger partial charge in [-0.15, -0.1) is 0 Å². The van der Waals surface area contributed by atoms with Gasteiger partial charge in [-0.05, 0) is 31.4 Å². The van der Waals surface area contributed by atoms with Crippen LogP contribution < -0.4 is 10.6 Å². The maximum atomic E-state index is 11.7. The minimum absolute atomic E-state index is 0.0428. The number of hydrogen-bond donors (Lipinski definition) is 2. The number of ether oxygens (including phenoxy) is 1. The Morgan fingerprint density at radius 1 is 1.25 bits per heavy atom. The van der Waals surface area contributed by atoms with Crippen LogP contribution in [-0.2, 0) is 16.1 Å². The first-order chi connectivity index (χ1) is 11.7. The lowest BCUT2D eigenvalue weighted by atomic mass is 10.0. The number of carbonyl (C=O) groups excluding carboxylic acids is 2. The van der Waals surface area contributed by atoms with E-state index in [-0.39, 0.29) is 24.1 Å². The number of unbranched alkanes of at least 4 members (excludes halogenated alkanes) is 1. The van der Waals surface area contributed by atoms with E-state index in [1.807, 2.05) is 36.3 Å². The second kappa shape index (κ2) is 8.46. The monoisotopic (exact) mass is 351 g/mol. The van der Waals surface area contributed by atoms with Crippen molar-refractivity contribution in [3.8, 4) is 0 Å². The second-order valence-electron chi connectivity index (χ2n) is 6.36. The molecule has 3 rings (SSSR count). The molecule has 2 N–H and O–H groups in total. The van der Waals surface area contributed by atoms with Crippen LogP contribution in [0.1, 0.15) is 32.1 Å². The molecule has 3 atom stereocenters. The molecule has 2 aliphatic rings. The van der Waals surface area contributed by atoms with Crippen molar-refractivity contribution in [1.29, 1.82) is 0 Å². The fourth-order valence-corrected chi connectivity index (χ4v) is 4.83. The van der Waals surface area contributed by atoms with Crippen molar-refractivity contribution >= 4 is 23.8 Å². The molecule has 3 heterocycles. The van der Waals surface area contributed by atoms with Crippen LogP contribution in [0.25, 0.3) is 0 Å². The molecule has 132 valence electrons. The van der Waals surface area contributed by atoms with Crippen LogP contribution >= 0.6 is 11.8 Å². The van der Waals surface area contributed by atoms with Gasteiger partial charge in [-0.1, -0.05) is 6.42 Å². The zero-order valence-corrected chi connectivity index (χ0v) is 14.6. The van der Waals surface area contributed by atoms with Crippen molar-refractivity contribution in [2.75, 3.05) is 12.4 Å². The van der Waals surface area contributed by atoms with Crippen molar-refractivity contribution in [1.82, 2.24) is 15.2 Å². The molecule has 6 nitrogen and oxygen atoms in total. The molecule has 7 heteroatoms. The predicted octanol–water partition coefficient (Wildman–Crippen LogP) is 2.15. The van der Waals surface area contributed by atoms with Gasteiger partial charge < -0.3 is 19.9 Å². The van der Waals surface area contributed by atoms with E-state index >= 15 is 0 Å². The van der Waals surface area contributed by atoms with Gasteiger partial charge in [0.05, 0.1) is 18.7 Å².